The molecule has 9 nitrogen and oxygen atoms in total. The number of hydrogen-bond donors (Lipinski definition) is 1. The highest BCUT2D eigenvalue weighted by atomic mass is 32.2. The number of H-pyrrole nitrogens is 1. The Bertz CT molecular complexity index is 1340. The number of halogens is 2. The minimum atomic E-state index is -3.80. The van der Waals surface area contributed by atoms with E-state index in [1.165, 1.54) is 23.5 Å². The molecule has 0 unspecified atom stereocenters. The Hall–Kier alpha value is -2.90. The van der Waals surface area contributed by atoms with Crippen molar-refractivity contribution in [1.29, 1.82) is 0 Å². The molecule has 1 aliphatic heterocycles. The van der Waals surface area contributed by atoms with Gasteiger partial charge in [0.05, 0.1) is 11.8 Å². The van der Waals surface area contributed by atoms with Crippen molar-refractivity contribution in [2.75, 3.05) is 26.2 Å². The Labute approximate surface area is 191 Å². The highest BCUT2D eigenvalue weighted by molar-refractivity contribution is 7.91. The molecular weight excluding hydrogens is 478 g/mol. The molecule has 3 aromatic rings. The maximum atomic E-state index is 13.9. The van der Waals surface area contributed by atoms with Crippen LogP contribution in [0.3, 0.4) is 0 Å². The molecule has 1 amide bonds. The van der Waals surface area contributed by atoms with Gasteiger partial charge in [0.15, 0.2) is 15.9 Å². The zero-order chi connectivity index (χ0) is 23.8. The first kappa shape index (κ1) is 23.3. The summed E-state index contributed by atoms with van der Waals surface area (Å²) in [5.41, 5.74) is 0.371. The number of nitrogens with zero attached hydrogens (tertiary/aromatic N) is 3. The third-order valence-electron chi connectivity index (χ3n) is 5.25. The van der Waals surface area contributed by atoms with E-state index in [0.717, 1.165) is 12.1 Å². The zero-order valence-corrected chi connectivity index (χ0v) is 19.1. The summed E-state index contributed by atoms with van der Waals surface area (Å²) in [6, 6.07) is 3.11. The number of piperazine rings is 1. The van der Waals surface area contributed by atoms with Crippen molar-refractivity contribution >= 4 is 27.3 Å². The van der Waals surface area contributed by atoms with Gasteiger partial charge in [-0.2, -0.15) is 4.31 Å². The molecule has 0 atom stereocenters. The second kappa shape index (κ2) is 9.15. The first-order chi connectivity index (χ1) is 15.6. The molecule has 0 radical (unpaired) electrons. The number of hydrogen-bond acceptors (Lipinski definition) is 7. The molecule has 33 heavy (non-hydrogen) atoms. The Morgan fingerprint density at radius 1 is 1.24 bits per heavy atom. The van der Waals surface area contributed by atoms with Crippen molar-refractivity contribution < 1.29 is 26.4 Å². The van der Waals surface area contributed by atoms with Gasteiger partial charge >= 0.3 is 4.87 Å². The van der Waals surface area contributed by atoms with Crippen molar-refractivity contribution in [2.45, 2.75) is 24.0 Å². The zero-order valence-electron chi connectivity index (χ0n) is 17.5. The summed E-state index contributed by atoms with van der Waals surface area (Å²) in [4.78, 5) is 31.7. The minimum Gasteiger partial charge on any atom is -0.441 e. The maximum absolute atomic E-state index is 13.9. The quantitative estimate of drug-likeness (QED) is 0.557. The van der Waals surface area contributed by atoms with Gasteiger partial charge in [-0.15, -0.1) is 0 Å². The van der Waals surface area contributed by atoms with Gasteiger partial charge in [-0.05, 0) is 19.1 Å². The average molecular weight is 499 g/mol. The lowest BCUT2D eigenvalue weighted by Gasteiger charge is -2.33. The molecule has 1 N–H and O–H groups in total. The molecule has 1 fully saturated rings. The Morgan fingerprint density at radius 3 is 2.61 bits per heavy atom. The number of thiazole rings is 1. The van der Waals surface area contributed by atoms with Crippen molar-refractivity contribution in [3.05, 3.63) is 57.3 Å². The Balaban J connectivity index is 1.32. The molecule has 0 aliphatic carbocycles. The van der Waals surface area contributed by atoms with E-state index >= 15 is 0 Å². The van der Waals surface area contributed by atoms with E-state index in [1.54, 1.807) is 4.90 Å². The summed E-state index contributed by atoms with van der Waals surface area (Å²) in [6.45, 7) is 2.20. The number of sulfonamides is 1. The van der Waals surface area contributed by atoms with Gasteiger partial charge in [0, 0.05) is 50.8 Å². The van der Waals surface area contributed by atoms with Gasteiger partial charge in [-0.3, -0.25) is 9.59 Å². The third kappa shape index (κ3) is 4.89. The van der Waals surface area contributed by atoms with Crippen LogP contribution in [0.4, 0.5) is 8.78 Å². The lowest BCUT2D eigenvalue weighted by molar-refractivity contribution is -0.132. The van der Waals surface area contributed by atoms with Crippen LogP contribution in [0.1, 0.15) is 18.0 Å². The van der Waals surface area contributed by atoms with Crippen LogP contribution >= 0.6 is 11.3 Å². The van der Waals surface area contributed by atoms with Gasteiger partial charge < -0.3 is 14.3 Å². The number of aromatic nitrogens is 2. The highest BCUT2D eigenvalue weighted by Gasteiger charge is 2.32. The smallest absolute Gasteiger partial charge is 0.305 e. The summed E-state index contributed by atoms with van der Waals surface area (Å²) in [7, 11) is -3.80. The largest absolute Gasteiger partial charge is 0.441 e. The SMILES string of the molecule is Cc1[nH]c(=O)sc1S(=O)(=O)N1CCN(C(=O)CCc2ncc(-c3ccc(F)cc3F)o2)CC1. The molecule has 176 valence electrons. The van der Waals surface area contributed by atoms with E-state index < -0.39 is 26.5 Å². The predicted molar refractivity (Wildman–Crippen MR) is 115 cm³/mol. The van der Waals surface area contributed by atoms with Crippen LogP contribution in [0.5, 0.6) is 0 Å². The number of oxazole rings is 1. The lowest BCUT2D eigenvalue weighted by atomic mass is 10.2. The van der Waals surface area contributed by atoms with E-state index in [0.29, 0.717) is 17.0 Å². The van der Waals surface area contributed by atoms with Crippen molar-refractivity contribution in [1.82, 2.24) is 19.2 Å². The van der Waals surface area contributed by atoms with Gasteiger partial charge in [-0.25, -0.2) is 22.2 Å². The number of benzene rings is 1. The maximum Gasteiger partial charge on any atom is 0.305 e. The third-order valence-corrected chi connectivity index (χ3v) is 8.73. The summed E-state index contributed by atoms with van der Waals surface area (Å²) in [5.74, 6) is -1.29. The number of rotatable bonds is 6. The number of aryl methyl sites for hydroxylation is 2. The van der Waals surface area contributed by atoms with Crippen molar-refractivity contribution in [3.8, 4) is 11.3 Å². The molecule has 13 heteroatoms. The van der Waals surface area contributed by atoms with Crippen LogP contribution < -0.4 is 4.87 Å². The molecule has 0 saturated carbocycles. The first-order valence-corrected chi connectivity index (χ1v) is 12.3. The molecule has 1 saturated heterocycles. The standard InChI is InChI=1S/C20H20F2N4O5S2/c1-12-19(32-20(28)24-12)33(29,30)26-8-6-25(7-9-26)18(27)5-4-17-23-11-16(31-17)14-3-2-13(21)10-15(14)22/h2-3,10-11H,4-9H2,1H3,(H,24,28). The van der Waals surface area contributed by atoms with Crippen LogP contribution in [-0.4, -0.2) is 59.7 Å². The van der Waals surface area contributed by atoms with Crippen molar-refractivity contribution in [2.24, 2.45) is 0 Å². The summed E-state index contributed by atoms with van der Waals surface area (Å²) in [6.07, 6.45) is 1.57. The van der Waals surface area contributed by atoms with Gasteiger partial charge in [0.1, 0.15) is 11.6 Å². The second-order valence-electron chi connectivity index (χ2n) is 7.45. The fourth-order valence-electron chi connectivity index (χ4n) is 3.54. The molecule has 2 aromatic heterocycles. The summed E-state index contributed by atoms with van der Waals surface area (Å²) in [5, 5.41) is 0. The number of amides is 1. The molecule has 4 rings (SSSR count). The van der Waals surface area contributed by atoms with Gasteiger partial charge in [0.2, 0.25) is 5.91 Å². The number of aromatic amines is 1. The van der Waals surface area contributed by atoms with E-state index in [-0.39, 0.29) is 66.4 Å². The Kier molecular flexibility index (Phi) is 6.45. The molecule has 0 bridgehead atoms. The van der Waals surface area contributed by atoms with E-state index in [4.69, 9.17) is 4.42 Å². The normalized spacial score (nSPS) is 15.2. The van der Waals surface area contributed by atoms with Crippen LogP contribution in [-0.2, 0) is 21.2 Å². The molecule has 1 aliphatic rings. The fourth-order valence-corrected chi connectivity index (χ4v) is 6.40. The summed E-state index contributed by atoms with van der Waals surface area (Å²) < 4.78 is 59.3. The van der Waals surface area contributed by atoms with Crippen LogP contribution in [0.2, 0.25) is 0 Å². The second-order valence-corrected chi connectivity index (χ2v) is 10.6. The minimum absolute atomic E-state index is 0.00966. The van der Waals surface area contributed by atoms with E-state index in [2.05, 4.69) is 9.97 Å². The molecule has 1 aromatic carbocycles. The average Bonchev–Trinajstić information content (AvgIpc) is 3.38. The molecule has 3 heterocycles. The fraction of sp³-hybridized carbons (Fsp3) is 0.350. The number of carbonyl (C=O) groups is 1. The van der Waals surface area contributed by atoms with Crippen LogP contribution in [0.25, 0.3) is 11.3 Å². The van der Waals surface area contributed by atoms with Crippen LogP contribution in [0, 0.1) is 18.6 Å². The van der Waals surface area contributed by atoms with Crippen LogP contribution in [0.15, 0.2) is 37.8 Å². The topological polar surface area (TPSA) is 117 Å². The first-order valence-electron chi connectivity index (χ1n) is 10.0. The summed E-state index contributed by atoms with van der Waals surface area (Å²) >= 11 is 0.649. The predicted octanol–water partition coefficient (Wildman–Crippen LogP) is 2.14. The highest BCUT2D eigenvalue weighted by Crippen LogP contribution is 2.25. The Morgan fingerprint density at radius 2 is 1.97 bits per heavy atom. The van der Waals surface area contributed by atoms with Gasteiger partial charge in [-0.1, -0.05) is 11.3 Å². The van der Waals surface area contributed by atoms with E-state index in [1.807, 2.05) is 0 Å². The van der Waals surface area contributed by atoms with E-state index in [9.17, 15) is 26.8 Å². The molecule has 0 spiro atoms. The monoisotopic (exact) mass is 498 g/mol. The molecular formula is C20H20F2N4O5S2. The number of nitrogens with one attached hydrogen (secondary N) is 1. The van der Waals surface area contributed by atoms with Gasteiger partial charge in [0.25, 0.3) is 10.0 Å². The lowest BCUT2D eigenvalue weighted by Crippen LogP contribution is -2.50. The number of carbonyl (C=O) groups excluding carboxylic acids is 1. The van der Waals surface area contributed by atoms with Crippen molar-refractivity contribution in [3.63, 3.8) is 0 Å².